The first kappa shape index (κ1) is 22.3. The molecule has 0 radical (unpaired) electrons. The Labute approximate surface area is 170 Å². The molecule has 0 spiro atoms. The minimum absolute atomic E-state index is 0. The molecule has 1 unspecified atom stereocenters. The number of fused-ring (bicyclic) bond motifs is 1. The maximum atomic E-state index is 13.6. The lowest BCUT2D eigenvalue weighted by Gasteiger charge is -2.06. The molecule has 3 heterocycles. The van der Waals surface area contributed by atoms with Crippen LogP contribution in [0.5, 0.6) is 0 Å². The first-order valence-corrected chi connectivity index (χ1v) is 9.20. The number of anilines is 1. The van der Waals surface area contributed by atoms with Crippen molar-refractivity contribution in [1.82, 2.24) is 9.97 Å². The zero-order chi connectivity index (χ0) is 16.6. The molecule has 0 fully saturated rings. The lowest BCUT2D eigenvalue weighted by atomic mass is 10.1. The van der Waals surface area contributed by atoms with Crippen LogP contribution in [0.25, 0.3) is 10.2 Å². The van der Waals surface area contributed by atoms with E-state index in [1.807, 2.05) is 13.8 Å². The highest BCUT2D eigenvalue weighted by Crippen LogP contribution is 2.35. The highest BCUT2D eigenvalue weighted by molar-refractivity contribution is 7.19. The van der Waals surface area contributed by atoms with Gasteiger partial charge < -0.3 is 11.1 Å². The van der Waals surface area contributed by atoms with Gasteiger partial charge in [-0.15, -0.1) is 47.5 Å². The number of aromatic nitrogens is 2. The standard InChI is InChI=1S/C15H16ClFN4S2.2ClH/c1-7(18)5-10-8(2)12-13(23-10)14(21-15(16)20-12)19-6-11-9(17)3-4-22-11;;/h3-4,7H,5-6,18H2,1-2H3,(H,19,20,21);2*1H. The number of nitrogens with zero attached hydrogens (tertiary/aromatic N) is 2. The summed E-state index contributed by atoms with van der Waals surface area (Å²) in [5.74, 6) is 0.427. The van der Waals surface area contributed by atoms with E-state index in [9.17, 15) is 4.39 Å². The van der Waals surface area contributed by atoms with E-state index >= 15 is 0 Å². The highest BCUT2D eigenvalue weighted by atomic mass is 35.5. The second kappa shape index (κ2) is 9.30. The van der Waals surface area contributed by atoms with Gasteiger partial charge in [0.1, 0.15) is 11.6 Å². The van der Waals surface area contributed by atoms with Gasteiger partial charge in [-0.1, -0.05) is 0 Å². The van der Waals surface area contributed by atoms with E-state index in [0.29, 0.717) is 17.2 Å². The van der Waals surface area contributed by atoms with Gasteiger partial charge in [-0.05, 0) is 48.9 Å². The van der Waals surface area contributed by atoms with Crippen LogP contribution in [0.2, 0.25) is 5.28 Å². The Kier molecular flexibility index (Phi) is 8.31. The van der Waals surface area contributed by atoms with Crippen LogP contribution in [0.3, 0.4) is 0 Å². The number of rotatable bonds is 5. The van der Waals surface area contributed by atoms with Crippen LogP contribution in [0.4, 0.5) is 10.2 Å². The van der Waals surface area contributed by atoms with Crippen molar-refractivity contribution in [2.45, 2.75) is 32.9 Å². The van der Waals surface area contributed by atoms with Crippen molar-refractivity contribution in [2.75, 3.05) is 5.32 Å². The highest BCUT2D eigenvalue weighted by Gasteiger charge is 2.17. The minimum atomic E-state index is -0.209. The molecule has 3 aromatic heterocycles. The Morgan fingerprint density at radius 3 is 2.64 bits per heavy atom. The van der Waals surface area contributed by atoms with Crippen LogP contribution in [-0.4, -0.2) is 16.0 Å². The maximum absolute atomic E-state index is 13.6. The van der Waals surface area contributed by atoms with Crippen LogP contribution >= 0.6 is 59.1 Å². The van der Waals surface area contributed by atoms with Crippen molar-refractivity contribution in [3.63, 3.8) is 0 Å². The first-order chi connectivity index (χ1) is 11.0. The van der Waals surface area contributed by atoms with Gasteiger partial charge in [-0.2, -0.15) is 4.98 Å². The monoisotopic (exact) mass is 442 g/mol. The summed E-state index contributed by atoms with van der Waals surface area (Å²) in [6.07, 6.45) is 0.781. The van der Waals surface area contributed by atoms with Crippen LogP contribution in [0.1, 0.15) is 22.2 Å². The predicted molar refractivity (Wildman–Crippen MR) is 111 cm³/mol. The summed E-state index contributed by atoms with van der Waals surface area (Å²) in [6, 6.07) is 1.53. The largest absolute Gasteiger partial charge is 0.364 e. The first-order valence-electron chi connectivity index (χ1n) is 7.12. The molecule has 0 saturated heterocycles. The van der Waals surface area contributed by atoms with Crippen molar-refractivity contribution in [3.8, 4) is 0 Å². The molecule has 0 aliphatic carbocycles. The lowest BCUT2D eigenvalue weighted by Crippen LogP contribution is -2.17. The summed E-state index contributed by atoms with van der Waals surface area (Å²) >= 11 is 9.03. The van der Waals surface area contributed by atoms with Gasteiger partial charge in [0.15, 0.2) is 0 Å². The minimum Gasteiger partial charge on any atom is -0.364 e. The van der Waals surface area contributed by atoms with Gasteiger partial charge in [0.25, 0.3) is 0 Å². The number of nitrogens with two attached hydrogens (primary N) is 1. The molecule has 4 nitrogen and oxygen atoms in total. The van der Waals surface area contributed by atoms with E-state index in [4.69, 9.17) is 17.3 Å². The van der Waals surface area contributed by atoms with Crippen LogP contribution in [0, 0.1) is 12.7 Å². The zero-order valence-electron chi connectivity index (χ0n) is 13.5. The summed E-state index contributed by atoms with van der Waals surface area (Å²) in [7, 11) is 0. The summed E-state index contributed by atoms with van der Waals surface area (Å²) in [6.45, 7) is 4.36. The molecule has 3 rings (SSSR count). The Morgan fingerprint density at radius 1 is 1.32 bits per heavy atom. The van der Waals surface area contributed by atoms with Crippen LogP contribution in [-0.2, 0) is 13.0 Å². The summed E-state index contributed by atoms with van der Waals surface area (Å²) in [4.78, 5) is 10.4. The number of nitrogens with one attached hydrogen (secondary N) is 1. The SMILES string of the molecule is Cc1c(CC(C)N)sc2c(NCc3sccc3F)nc(Cl)nc12.Cl.Cl. The Bertz CT molecular complexity index is 851. The van der Waals surface area contributed by atoms with Crippen LogP contribution in [0.15, 0.2) is 11.4 Å². The van der Waals surface area contributed by atoms with Gasteiger partial charge in [-0.3, -0.25) is 0 Å². The van der Waals surface area contributed by atoms with E-state index in [1.54, 1.807) is 16.7 Å². The van der Waals surface area contributed by atoms with Crippen molar-refractivity contribution < 1.29 is 4.39 Å². The number of hydrogen-bond donors (Lipinski definition) is 2. The van der Waals surface area contributed by atoms with E-state index in [2.05, 4.69) is 15.3 Å². The summed E-state index contributed by atoms with van der Waals surface area (Å²) in [5.41, 5.74) is 7.82. The molecule has 0 aliphatic rings. The maximum Gasteiger partial charge on any atom is 0.224 e. The van der Waals surface area contributed by atoms with Gasteiger partial charge in [0.05, 0.1) is 21.6 Å². The summed E-state index contributed by atoms with van der Waals surface area (Å²) < 4.78 is 14.5. The molecule has 0 saturated carbocycles. The topological polar surface area (TPSA) is 63.8 Å². The smallest absolute Gasteiger partial charge is 0.224 e. The van der Waals surface area contributed by atoms with E-state index in [0.717, 1.165) is 22.2 Å². The van der Waals surface area contributed by atoms with E-state index in [1.165, 1.54) is 22.3 Å². The number of thiophene rings is 2. The van der Waals surface area contributed by atoms with Gasteiger partial charge >= 0.3 is 0 Å². The van der Waals surface area contributed by atoms with E-state index in [-0.39, 0.29) is 42.0 Å². The molecule has 10 heteroatoms. The van der Waals surface area contributed by atoms with E-state index < -0.39 is 0 Å². The van der Waals surface area contributed by atoms with Crippen molar-refractivity contribution in [1.29, 1.82) is 0 Å². The fraction of sp³-hybridized carbons (Fsp3) is 0.333. The Morgan fingerprint density at radius 2 is 2.04 bits per heavy atom. The fourth-order valence-corrected chi connectivity index (χ4v) is 4.54. The molecule has 0 bridgehead atoms. The predicted octanol–water partition coefficient (Wildman–Crippen LogP) is 5.20. The molecular weight excluding hydrogens is 426 g/mol. The van der Waals surface area contributed by atoms with Crippen molar-refractivity contribution in [2.24, 2.45) is 5.73 Å². The number of aryl methyl sites for hydroxylation is 1. The van der Waals surface area contributed by atoms with Crippen LogP contribution < -0.4 is 11.1 Å². The fourth-order valence-electron chi connectivity index (χ4n) is 2.33. The quantitative estimate of drug-likeness (QED) is 0.532. The van der Waals surface area contributed by atoms with Gasteiger partial charge in [0.2, 0.25) is 5.28 Å². The van der Waals surface area contributed by atoms with Crippen molar-refractivity contribution >= 4 is 75.1 Å². The average molecular weight is 444 g/mol. The molecular formula is C15H18Cl3FN4S2. The molecule has 138 valence electrons. The van der Waals surface area contributed by atoms with Crippen molar-refractivity contribution in [3.05, 3.63) is 37.9 Å². The lowest BCUT2D eigenvalue weighted by molar-refractivity contribution is 0.621. The molecule has 0 aromatic carbocycles. The Balaban J connectivity index is 0.00000156. The molecule has 1 atom stereocenters. The third-order valence-corrected chi connectivity index (χ3v) is 5.83. The zero-order valence-corrected chi connectivity index (χ0v) is 17.5. The normalized spacial score (nSPS) is 11.7. The number of halogens is 4. The summed E-state index contributed by atoms with van der Waals surface area (Å²) in [5, 5.41) is 5.09. The third-order valence-electron chi connectivity index (χ3n) is 3.45. The second-order valence-electron chi connectivity index (χ2n) is 5.40. The molecule has 3 aromatic rings. The molecule has 25 heavy (non-hydrogen) atoms. The van der Waals surface area contributed by atoms with Gasteiger partial charge in [0, 0.05) is 10.9 Å². The second-order valence-corrected chi connectivity index (χ2v) is 7.84. The molecule has 0 aliphatic heterocycles. The number of hydrogen-bond acceptors (Lipinski definition) is 6. The average Bonchev–Trinajstić information content (AvgIpc) is 3.02. The third kappa shape index (κ3) is 4.93. The molecule has 3 N–H and O–H groups in total. The van der Waals surface area contributed by atoms with Gasteiger partial charge in [-0.25, -0.2) is 9.37 Å². The Hall–Kier alpha value is -0.700. The molecule has 0 amide bonds.